The van der Waals surface area contributed by atoms with Gasteiger partial charge in [-0.1, -0.05) is 23.7 Å². The van der Waals surface area contributed by atoms with Gasteiger partial charge in [0.25, 0.3) is 0 Å². The Hall–Kier alpha value is -1.05. The van der Waals surface area contributed by atoms with E-state index in [1.165, 1.54) is 25.7 Å². The van der Waals surface area contributed by atoms with Gasteiger partial charge >= 0.3 is 0 Å². The van der Waals surface area contributed by atoms with Gasteiger partial charge in [-0.3, -0.25) is 4.99 Å². The van der Waals surface area contributed by atoms with Gasteiger partial charge in [0.2, 0.25) is 0 Å². The minimum absolute atomic E-state index is 0. The molecule has 0 fully saturated rings. The topological polar surface area (TPSA) is 62.5 Å². The number of guanidine groups is 1. The van der Waals surface area contributed by atoms with E-state index in [0.717, 1.165) is 36.8 Å². The zero-order chi connectivity index (χ0) is 14.9. The molecule has 2 rings (SSSR count). The number of halogens is 1. The molecule has 1 heterocycles. The third kappa shape index (κ3) is 6.37. The maximum Gasteiger partial charge on any atom is 0.191 e. The molecule has 0 aliphatic heterocycles. The van der Waals surface area contributed by atoms with Crippen molar-refractivity contribution in [3.05, 3.63) is 29.2 Å². The maximum atomic E-state index is 5.25. The summed E-state index contributed by atoms with van der Waals surface area (Å²) in [6, 6.07) is 1.98. The van der Waals surface area contributed by atoms with E-state index in [-0.39, 0.29) is 24.0 Å². The highest BCUT2D eigenvalue weighted by molar-refractivity contribution is 14.0. The average Bonchev–Trinajstić information content (AvgIpc) is 3.00. The van der Waals surface area contributed by atoms with Gasteiger partial charge in [-0.05, 0) is 38.5 Å². The van der Waals surface area contributed by atoms with Crippen molar-refractivity contribution < 1.29 is 4.52 Å². The Morgan fingerprint density at radius 2 is 2.23 bits per heavy atom. The molecule has 124 valence electrons. The zero-order valence-electron chi connectivity index (χ0n) is 13.5. The van der Waals surface area contributed by atoms with Crippen molar-refractivity contribution in [2.45, 2.75) is 52.0 Å². The van der Waals surface area contributed by atoms with Crippen molar-refractivity contribution in [1.82, 2.24) is 15.8 Å². The Morgan fingerprint density at radius 3 is 2.86 bits per heavy atom. The van der Waals surface area contributed by atoms with Gasteiger partial charge in [0.1, 0.15) is 0 Å². The third-order valence-corrected chi connectivity index (χ3v) is 3.75. The van der Waals surface area contributed by atoms with E-state index in [4.69, 9.17) is 4.52 Å². The zero-order valence-corrected chi connectivity index (χ0v) is 15.9. The lowest BCUT2D eigenvalue weighted by atomic mass is 9.97. The van der Waals surface area contributed by atoms with Gasteiger partial charge in [-0.2, -0.15) is 0 Å². The second-order valence-electron chi connectivity index (χ2n) is 5.35. The molecule has 0 unspecified atom stereocenters. The van der Waals surface area contributed by atoms with Gasteiger partial charge in [0, 0.05) is 19.7 Å². The van der Waals surface area contributed by atoms with E-state index in [0.29, 0.717) is 6.54 Å². The van der Waals surface area contributed by atoms with E-state index in [2.05, 4.69) is 33.8 Å². The summed E-state index contributed by atoms with van der Waals surface area (Å²) in [5, 5.41) is 10.6. The molecule has 2 N–H and O–H groups in total. The van der Waals surface area contributed by atoms with Crippen LogP contribution in [0.2, 0.25) is 0 Å². The molecule has 0 spiro atoms. The summed E-state index contributed by atoms with van der Waals surface area (Å²) < 4.78 is 5.25. The molecule has 0 aromatic carbocycles. The van der Waals surface area contributed by atoms with Crippen LogP contribution in [0.3, 0.4) is 0 Å². The highest BCUT2D eigenvalue weighted by Gasteiger charge is 2.06. The first-order valence-electron chi connectivity index (χ1n) is 7.88. The lowest BCUT2D eigenvalue weighted by Gasteiger charge is -2.14. The van der Waals surface area contributed by atoms with Crippen LogP contribution in [0.5, 0.6) is 0 Å². The molecule has 1 aliphatic rings. The molecule has 1 aromatic heterocycles. The molecule has 1 aromatic rings. The first kappa shape index (κ1) is 19.0. The average molecular weight is 418 g/mol. The number of rotatable bonds is 6. The first-order chi connectivity index (χ1) is 10.3. The number of aromatic nitrogens is 1. The SMILES string of the molecule is CCc1cc(CNC(=NC)NCCC2=CCCCC2)on1.I. The summed E-state index contributed by atoms with van der Waals surface area (Å²) in [6.45, 7) is 3.59. The summed E-state index contributed by atoms with van der Waals surface area (Å²) >= 11 is 0. The second kappa shape index (κ2) is 10.6. The van der Waals surface area contributed by atoms with Gasteiger partial charge in [-0.15, -0.1) is 24.0 Å². The van der Waals surface area contributed by atoms with E-state index < -0.39 is 0 Å². The fourth-order valence-electron chi connectivity index (χ4n) is 2.47. The van der Waals surface area contributed by atoms with Crippen LogP contribution in [0.15, 0.2) is 27.2 Å². The highest BCUT2D eigenvalue weighted by atomic mass is 127. The summed E-state index contributed by atoms with van der Waals surface area (Å²) in [6.07, 6.45) is 9.57. The largest absolute Gasteiger partial charge is 0.359 e. The van der Waals surface area contributed by atoms with E-state index in [9.17, 15) is 0 Å². The molecule has 0 saturated carbocycles. The number of nitrogens with zero attached hydrogens (tertiary/aromatic N) is 2. The monoisotopic (exact) mass is 418 g/mol. The lowest BCUT2D eigenvalue weighted by Crippen LogP contribution is -2.37. The fraction of sp³-hybridized carbons (Fsp3) is 0.625. The predicted molar refractivity (Wildman–Crippen MR) is 101 cm³/mol. The van der Waals surface area contributed by atoms with Crippen molar-refractivity contribution in [2.75, 3.05) is 13.6 Å². The second-order valence-corrected chi connectivity index (χ2v) is 5.35. The van der Waals surface area contributed by atoms with E-state index >= 15 is 0 Å². The molecule has 0 amide bonds. The number of aryl methyl sites for hydroxylation is 1. The summed E-state index contributed by atoms with van der Waals surface area (Å²) in [4.78, 5) is 4.23. The molecule has 6 heteroatoms. The van der Waals surface area contributed by atoms with Crippen molar-refractivity contribution >= 4 is 29.9 Å². The van der Waals surface area contributed by atoms with Crippen LogP contribution in [0.4, 0.5) is 0 Å². The van der Waals surface area contributed by atoms with Crippen LogP contribution < -0.4 is 10.6 Å². The summed E-state index contributed by atoms with van der Waals surface area (Å²) in [5.74, 6) is 1.64. The minimum atomic E-state index is 0. The molecule has 0 atom stereocenters. The molecule has 0 bridgehead atoms. The van der Waals surface area contributed by atoms with E-state index in [1.54, 1.807) is 12.6 Å². The smallest absolute Gasteiger partial charge is 0.191 e. The van der Waals surface area contributed by atoms with Crippen LogP contribution in [0, 0.1) is 0 Å². The molecule has 1 aliphatic carbocycles. The van der Waals surface area contributed by atoms with Crippen molar-refractivity contribution in [2.24, 2.45) is 4.99 Å². The van der Waals surface area contributed by atoms with Gasteiger partial charge in [0.05, 0.1) is 12.2 Å². The molecule has 22 heavy (non-hydrogen) atoms. The highest BCUT2D eigenvalue weighted by Crippen LogP contribution is 2.19. The maximum absolute atomic E-state index is 5.25. The summed E-state index contributed by atoms with van der Waals surface area (Å²) in [5.41, 5.74) is 2.56. The van der Waals surface area contributed by atoms with Gasteiger partial charge in [0.15, 0.2) is 11.7 Å². The molecule has 0 radical (unpaired) electrons. The Balaban J connectivity index is 0.00000242. The normalized spacial score (nSPS) is 15.0. The van der Waals surface area contributed by atoms with Crippen LogP contribution in [0.1, 0.15) is 50.5 Å². The molecule has 0 saturated heterocycles. The van der Waals surface area contributed by atoms with Crippen molar-refractivity contribution in [3.8, 4) is 0 Å². The Bertz CT molecular complexity index is 496. The number of allylic oxidation sites excluding steroid dienone is 1. The van der Waals surface area contributed by atoms with Gasteiger partial charge < -0.3 is 15.2 Å². The van der Waals surface area contributed by atoms with Crippen LogP contribution >= 0.6 is 24.0 Å². The van der Waals surface area contributed by atoms with Crippen molar-refractivity contribution in [3.63, 3.8) is 0 Å². The summed E-state index contributed by atoms with van der Waals surface area (Å²) in [7, 11) is 1.78. The lowest BCUT2D eigenvalue weighted by molar-refractivity contribution is 0.374. The predicted octanol–water partition coefficient (Wildman–Crippen LogP) is 3.41. The number of aliphatic imine (C=N–C) groups is 1. The number of hydrogen-bond donors (Lipinski definition) is 2. The Labute approximate surface area is 150 Å². The van der Waals surface area contributed by atoms with Crippen LogP contribution in [0.25, 0.3) is 0 Å². The standard InChI is InChI=1S/C16H26N4O.HI/c1-3-14-11-15(21-20-14)12-19-16(17-2)18-10-9-13-7-5-4-6-8-13;/h7,11H,3-6,8-10,12H2,1-2H3,(H2,17,18,19);1H. The number of hydrogen-bond acceptors (Lipinski definition) is 3. The molecular formula is C16H27IN4O. The first-order valence-corrected chi connectivity index (χ1v) is 7.88. The minimum Gasteiger partial charge on any atom is -0.359 e. The quantitative estimate of drug-likeness (QED) is 0.322. The molecular weight excluding hydrogens is 391 g/mol. The van der Waals surface area contributed by atoms with Crippen molar-refractivity contribution in [1.29, 1.82) is 0 Å². The molecule has 5 nitrogen and oxygen atoms in total. The Kier molecular flexibility index (Phi) is 9.19. The van der Waals surface area contributed by atoms with E-state index in [1.807, 2.05) is 6.07 Å². The third-order valence-electron chi connectivity index (χ3n) is 3.75. The fourth-order valence-corrected chi connectivity index (χ4v) is 2.47. The number of nitrogens with one attached hydrogen (secondary N) is 2. The van der Waals surface area contributed by atoms with Gasteiger partial charge in [-0.25, -0.2) is 0 Å². The van der Waals surface area contributed by atoms with Crippen LogP contribution in [-0.4, -0.2) is 24.7 Å². The van der Waals surface area contributed by atoms with Crippen LogP contribution in [-0.2, 0) is 13.0 Å². The Morgan fingerprint density at radius 1 is 1.36 bits per heavy atom.